The van der Waals surface area contributed by atoms with Gasteiger partial charge in [0.1, 0.15) is 0 Å². The van der Waals surface area contributed by atoms with Crippen LogP contribution in [0.2, 0.25) is 0 Å². The molecule has 1 unspecified atom stereocenters. The number of ether oxygens (including phenoxy) is 3. The first-order valence-corrected chi connectivity index (χ1v) is 8.10. The van der Waals surface area contributed by atoms with Crippen LogP contribution in [0.5, 0.6) is 11.5 Å². The van der Waals surface area contributed by atoms with E-state index < -0.39 is 0 Å². The van der Waals surface area contributed by atoms with Crippen molar-refractivity contribution in [3.63, 3.8) is 0 Å². The van der Waals surface area contributed by atoms with Crippen LogP contribution in [-0.4, -0.2) is 44.8 Å². The van der Waals surface area contributed by atoms with Gasteiger partial charge < -0.3 is 19.1 Å². The first kappa shape index (κ1) is 14.6. The number of carbonyl (C=O) groups excluding carboxylic acids is 1. The molecule has 0 N–H and O–H groups in total. The molecular weight excluding hydrogens is 294 g/mol. The average Bonchev–Trinajstić information content (AvgIpc) is 3.14. The summed E-state index contributed by atoms with van der Waals surface area (Å²) in [4.78, 5) is 14.3. The number of likely N-dealkylation sites (tertiary alicyclic amines) is 1. The van der Waals surface area contributed by atoms with Crippen LogP contribution in [0.3, 0.4) is 0 Å². The Morgan fingerprint density at radius 1 is 1.17 bits per heavy atom. The van der Waals surface area contributed by atoms with Gasteiger partial charge in [-0.1, -0.05) is 0 Å². The molecule has 23 heavy (non-hydrogen) atoms. The van der Waals surface area contributed by atoms with Gasteiger partial charge in [-0.15, -0.1) is 0 Å². The molecule has 0 aromatic heterocycles. The van der Waals surface area contributed by atoms with E-state index in [-0.39, 0.29) is 11.9 Å². The second-order valence-electron chi connectivity index (χ2n) is 6.19. The maximum Gasteiger partial charge on any atom is 0.223 e. The lowest BCUT2D eigenvalue weighted by Crippen LogP contribution is -2.31. The Morgan fingerprint density at radius 3 is 2.65 bits per heavy atom. The van der Waals surface area contributed by atoms with Crippen molar-refractivity contribution in [2.45, 2.75) is 25.3 Å². The first-order valence-electron chi connectivity index (χ1n) is 8.10. The molecule has 0 saturated carbocycles. The molecule has 5 heteroatoms. The van der Waals surface area contributed by atoms with Crippen molar-refractivity contribution in [3.05, 3.63) is 28.8 Å². The molecule has 4 rings (SSSR count). The van der Waals surface area contributed by atoms with Gasteiger partial charge in [0.2, 0.25) is 5.91 Å². The largest absolute Gasteiger partial charge is 0.493 e. The highest BCUT2D eigenvalue weighted by atomic mass is 16.5. The van der Waals surface area contributed by atoms with Crippen LogP contribution in [0.1, 0.15) is 36.4 Å². The molecule has 2 heterocycles. The van der Waals surface area contributed by atoms with Gasteiger partial charge in [-0.05, 0) is 47.2 Å². The normalized spacial score (nSPS) is 23.1. The second-order valence-corrected chi connectivity index (χ2v) is 6.19. The summed E-state index contributed by atoms with van der Waals surface area (Å²) >= 11 is 0. The lowest BCUT2D eigenvalue weighted by Gasteiger charge is -2.29. The highest BCUT2D eigenvalue weighted by molar-refractivity contribution is 5.85. The van der Waals surface area contributed by atoms with E-state index >= 15 is 0 Å². The molecular formula is C18H21NO4. The van der Waals surface area contributed by atoms with E-state index in [9.17, 15) is 4.79 Å². The number of fused-ring (bicyclic) bond motifs is 2. The monoisotopic (exact) mass is 315 g/mol. The minimum Gasteiger partial charge on any atom is -0.493 e. The minimum atomic E-state index is -0.00453. The third kappa shape index (κ3) is 2.14. The number of hydrogen-bond donors (Lipinski definition) is 0. The summed E-state index contributed by atoms with van der Waals surface area (Å²) in [5.41, 5.74) is 4.88. The molecule has 5 nitrogen and oxygen atoms in total. The Labute approximate surface area is 135 Å². The summed E-state index contributed by atoms with van der Waals surface area (Å²) < 4.78 is 16.6. The molecule has 1 aliphatic carbocycles. The summed E-state index contributed by atoms with van der Waals surface area (Å²) in [6, 6.07) is 4.08. The van der Waals surface area contributed by atoms with Crippen LogP contribution in [0.25, 0.3) is 5.57 Å². The van der Waals surface area contributed by atoms with Crippen LogP contribution in [0.4, 0.5) is 0 Å². The number of benzene rings is 1. The van der Waals surface area contributed by atoms with Crippen molar-refractivity contribution in [2.75, 3.05) is 34.0 Å². The Hall–Kier alpha value is -2.01. The van der Waals surface area contributed by atoms with E-state index in [1.807, 2.05) is 11.0 Å². The Bertz CT molecular complexity index is 695. The number of nitrogens with zero attached hydrogens (tertiary/aromatic N) is 1. The molecule has 0 bridgehead atoms. The molecule has 3 aliphatic rings. The summed E-state index contributed by atoms with van der Waals surface area (Å²) in [7, 11) is 3.30. The molecule has 122 valence electrons. The number of amides is 1. The van der Waals surface area contributed by atoms with Crippen molar-refractivity contribution < 1.29 is 19.0 Å². The molecule has 1 saturated heterocycles. The molecule has 1 atom stereocenters. The van der Waals surface area contributed by atoms with Crippen LogP contribution in [-0.2, 0) is 9.53 Å². The molecule has 0 spiro atoms. The second kappa shape index (κ2) is 5.57. The molecule has 1 fully saturated rings. The van der Waals surface area contributed by atoms with Crippen LogP contribution in [0, 0.1) is 0 Å². The van der Waals surface area contributed by atoms with Crippen LogP contribution >= 0.6 is 0 Å². The minimum absolute atomic E-state index is 0.00453. The number of methoxy groups -OCH3 is 2. The van der Waals surface area contributed by atoms with Crippen molar-refractivity contribution in [2.24, 2.45) is 0 Å². The van der Waals surface area contributed by atoms with Gasteiger partial charge in [-0.2, -0.15) is 0 Å². The quantitative estimate of drug-likeness (QED) is 0.860. The Kier molecular flexibility index (Phi) is 3.53. The maximum atomic E-state index is 12.3. The van der Waals surface area contributed by atoms with Gasteiger partial charge in [0.25, 0.3) is 0 Å². The molecule has 2 aliphatic heterocycles. The van der Waals surface area contributed by atoms with E-state index in [2.05, 4.69) is 6.07 Å². The van der Waals surface area contributed by atoms with Gasteiger partial charge in [-0.3, -0.25) is 4.79 Å². The van der Waals surface area contributed by atoms with E-state index in [1.54, 1.807) is 14.2 Å². The van der Waals surface area contributed by atoms with Crippen molar-refractivity contribution in [1.82, 2.24) is 4.90 Å². The van der Waals surface area contributed by atoms with E-state index in [4.69, 9.17) is 14.2 Å². The molecule has 0 radical (unpaired) electrons. The lowest BCUT2D eigenvalue weighted by atomic mass is 10.0. The van der Waals surface area contributed by atoms with Crippen molar-refractivity contribution in [1.29, 1.82) is 0 Å². The summed E-state index contributed by atoms with van der Waals surface area (Å²) in [6.07, 6.45) is 2.46. The third-order valence-electron chi connectivity index (χ3n) is 5.07. The van der Waals surface area contributed by atoms with Gasteiger partial charge in [-0.25, -0.2) is 0 Å². The Morgan fingerprint density at radius 2 is 1.96 bits per heavy atom. The fourth-order valence-corrected chi connectivity index (χ4v) is 4.02. The highest BCUT2D eigenvalue weighted by Crippen LogP contribution is 2.50. The third-order valence-corrected chi connectivity index (χ3v) is 5.07. The van der Waals surface area contributed by atoms with Gasteiger partial charge in [0.05, 0.1) is 33.5 Å². The lowest BCUT2D eigenvalue weighted by molar-refractivity contribution is -0.129. The molecule has 1 amide bonds. The first-order chi connectivity index (χ1) is 11.2. The zero-order chi connectivity index (χ0) is 16.0. The predicted molar refractivity (Wildman–Crippen MR) is 85.6 cm³/mol. The van der Waals surface area contributed by atoms with Crippen LogP contribution in [0.15, 0.2) is 17.7 Å². The topological polar surface area (TPSA) is 48.0 Å². The smallest absolute Gasteiger partial charge is 0.223 e. The fourth-order valence-electron chi connectivity index (χ4n) is 4.02. The zero-order valence-corrected chi connectivity index (χ0v) is 13.6. The Balaban J connectivity index is 1.87. The van der Waals surface area contributed by atoms with Crippen molar-refractivity contribution in [3.8, 4) is 11.5 Å². The summed E-state index contributed by atoms with van der Waals surface area (Å²) in [5, 5.41) is 0. The SMILES string of the molecule is COc1cc2c(cc1OC)C(N1CCCC1=O)C1=C2CCOC1. The van der Waals surface area contributed by atoms with E-state index in [0.29, 0.717) is 18.8 Å². The predicted octanol–water partition coefficient (Wildman–Crippen LogP) is 2.55. The number of rotatable bonds is 3. The molecule has 1 aromatic carbocycles. The summed E-state index contributed by atoms with van der Waals surface area (Å²) in [5.74, 6) is 1.68. The van der Waals surface area contributed by atoms with Gasteiger partial charge in [0.15, 0.2) is 11.5 Å². The fraction of sp³-hybridized carbons (Fsp3) is 0.500. The van der Waals surface area contributed by atoms with Gasteiger partial charge in [0, 0.05) is 13.0 Å². The highest BCUT2D eigenvalue weighted by Gasteiger charge is 2.40. The van der Waals surface area contributed by atoms with Crippen LogP contribution < -0.4 is 9.47 Å². The zero-order valence-electron chi connectivity index (χ0n) is 13.6. The molecule has 1 aromatic rings. The van der Waals surface area contributed by atoms with Gasteiger partial charge >= 0.3 is 0 Å². The van der Waals surface area contributed by atoms with E-state index in [1.165, 1.54) is 16.7 Å². The average molecular weight is 315 g/mol. The maximum absolute atomic E-state index is 12.3. The van der Waals surface area contributed by atoms with Crippen molar-refractivity contribution >= 4 is 11.5 Å². The van der Waals surface area contributed by atoms with E-state index in [0.717, 1.165) is 37.3 Å². The standard InChI is InChI=1S/C18H21NO4/c1-21-15-8-12-11-5-7-23-10-14(11)18(13(12)9-16(15)22-2)19-6-3-4-17(19)20/h8-9,18H,3-7,10H2,1-2H3. The number of hydrogen-bond acceptors (Lipinski definition) is 4. The number of carbonyl (C=O) groups is 1. The summed E-state index contributed by atoms with van der Waals surface area (Å²) in [6.45, 7) is 2.14.